The lowest BCUT2D eigenvalue weighted by Crippen LogP contribution is -2.62. The molecule has 1 amide bonds. The number of likely N-dealkylation sites (tertiary alicyclic amines) is 1. The van der Waals surface area contributed by atoms with Gasteiger partial charge in [0.05, 0.1) is 31.2 Å². The van der Waals surface area contributed by atoms with E-state index >= 15 is 0 Å². The Morgan fingerprint density at radius 1 is 1.46 bits per heavy atom. The lowest BCUT2D eigenvalue weighted by molar-refractivity contribution is -0.211. The number of furan rings is 1. The third-order valence-corrected chi connectivity index (χ3v) is 5.87. The van der Waals surface area contributed by atoms with Crippen LogP contribution in [0.4, 0.5) is 0 Å². The van der Waals surface area contributed by atoms with Gasteiger partial charge in [0.25, 0.3) is 5.91 Å². The first-order valence-corrected chi connectivity index (χ1v) is 9.77. The number of piperidine rings is 1. The van der Waals surface area contributed by atoms with E-state index in [1.807, 2.05) is 12.3 Å². The third-order valence-electron chi connectivity index (χ3n) is 5.29. The molecule has 6 nitrogen and oxygen atoms in total. The van der Waals surface area contributed by atoms with Crippen molar-refractivity contribution in [1.82, 2.24) is 4.90 Å². The fraction of sp³-hybridized carbons (Fsp3) is 0.706. The average molecular weight is 355 g/mol. The molecule has 7 heteroatoms. The molecule has 1 saturated carbocycles. The molecule has 134 valence electrons. The van der Waals surface area contributed by atoms with Crippen molar-refractivity contribution in [2.75, 3.05) is 32.6 Å². The number of thioether (sulfide) groups is 1. The second-order valence-corrected chi connectivity index (χ2v) is 7.42. The summed E-state index contributed by atoms with van der Waals surface area (Å²) in [6.07, 6.45) is 3.64. The molecule has 1 aliphatic carbocycles. The quantitative estimate of drug-likeness (QED) is 0.805. The van der Waals surface area contributed by atoms with Gasteiger partial charge in [-0.3, -0.25) is 4.79 Å². The number of ether oxygens (including phenoxy) is 1. The molecular weight excluding hydrogens is 330 g/mol. The molecule has 2 aliphatic rings. The highest BCUT2D eigenvalue weighted by atomic mass is 32.2. The van der Waals surface area contributed by atoms with Gasteiger partial charge in [-0.1, -0.05) is 0 Å². The molecule has 2 N–H and O–H groups in total. The van der Waals surface area contributed by atoms with Crippen LogP contribution in [-0.4, -0.2) is 65.8 Å². The van der Waals surface area contributed by atoms with Gasteiger partial charge >= 0.3 is 0 Å². The zero-order chi connectivity index (χ0) is 17.2. The van der Waals surface area contributed by atoms with Gasteiger partial charge in [0.2, 0.25) is 0 Å². The minimum Gasteiger partial charge on any atom is -0.455 e. The Morgan fingerprint density at radius 2 is 2.21 bits per heavy atom. The van der Waals surface area contributed by atoms with Gasteiger partial charge in [0, 0.05) is 24.9 Å². The first-order valence-electron chi connectivity index (χ1n) is 8.38. The molecule has 1 aromatic heterocycles. The molecule has 0 aromatic carbocycles. The van der Waals surface area contributed by atoms with Gasteiger partial charge in [-0.2, -0.15) is 11.8 Å². The van der Waals surface area contributed by atoms with E-state index < -0.39 is 0 Å². The van der Waals surface area contributed by atoms with E-state index in [0.29, 0.717) is 44.7 Å². The van der Waals surface area contributed by atoms with Crippen LogP contribution in [0.5, 0.6) is 0 Å². The SMILES string of the molecule is CSCc1ccc(C(=O)N2CCC3(CC2)[C@H](O)C[C@@H]3OCCO)o1. The Bertz CT molecular complexity index is 567. The summed E-state index contributed by atoms with van der Waals surface area (Å²) in [5.41, 5.74) is -0.265. The van der Waals surface area contributed by atoms with Gasteiger partial charge in [0.1, 0.15) is 5.76 Å². The third kappa shape index (κ3) is 3.22. The summed E-state index contributed by atoms with van der Waals surface area (Å²) >= 11 is 1.65. The van der Waals surface area contributed by atoms with Crippen LogP contribution >= 0.6 is 11.8 Å². The van der Waals surface area contributed by atoms with Crippen molar-refractivity contribution in [2.45, 2.75) is 37.2 Å². The average Bonchev–Trinajstić information content (AvgIpc) is 3.07. The molecule has 2 fully saturated rings. The van der Waals surface area contributed by atoms with Gasteiger partial charge in [-0.15, -0.1) is 0 Å². The second-order valence-electron chi connectivity index (χ2n) is 6.56. The van der Waals surface area contributed by atoms with Crippen LogP contribution < -0.4 is 0 Å². The molecule has 2 heterocycles. The van der Waals surface area contributed by atoms with Crippen molar-refractivity contribution in [3.8, 4) is 0 Å². The summed E-state index contributed by atoms with van der Waals surface area (Å²) in [4.78, 5) is 14.4. The Balaban J connectivity index is 1.58. The van der Waals surface area contributed by atoms with Crippen LogP contribution in [0, 0.1) is 5.41 Å². The molecule has 0 bridgehead atoms. The van der Waals surface area contributed by atoms with Crippen molar-refractivity contribution < 1.29 is 24.2 Å². The highest BCUT2D eigenvalue weighted by Gasteiger charge is 2.56. The fourth-order valence-corrected chi connectivity index (χ4v) is 4.24. The van der Waals surface area contributed by atoms with Crippen LogP contribution in [0.25, 0.3) is 0 Å². The van der Waals surface area contributed by atoms with Crippen molar-refractivity contribution in [3.05, 3.63) is 23.7 Å². The molecule has 0 radical (unpaired) electrons. The van der Waals surface area contributed by atoms with Crippen molar-refractivity contribution in [2.24, 2.45) is 5.41 Å². The smallest absolute Gasteiger partial charge is 0.289 e. The molecule has 24 heavy (non-hydrogen) atoms. The first kappa shape index (κ1) is 17.8. The molecule has 0 unspecified atom stereocenters. The summed E-state index contributed by atoms with van der Waals surface area (Å²) in [6.45, 7) is 1.47. The van der Waals surface area contributed by atoms with E-state index in [1.165, 1.54) is 0 Å². The topological polar surface area (TPSA) is 83.1 Å². The minimum absolute atomic E-state index is 0.00976. The molecule has 3 rings (SSSR count). The zero-order valence-corrected chi connectivity index (χ0v) is 14.8. The number of carbonyl (C=O) groups is 1. The predicted octanol–water partition coefficient (Wildman–Crippen LogP) is 1.51. The van der Waals surface area contributed by atoms with Gasteiger partial charge in [-0.05, 0) is 31.2 Å². The standard InChI is InChI=1S/C17H25NO5S/c1-24-11-12-2-3-13(23-12)16(21)18-6-4-17(5-7-18)14(20)10-15(17)22-9-8-19/h2-3,14-15,19-20H,4-11H2,1H3/t14-,15+/m1/s1. The summed E-state index contributed by atoms with van der Waals surface area (Å²) < 4.78 is 11.3. The molecule has 2 atom stereocenters. The van der Waals surface area contributed by atoms with Crippen molar-refractivity contribution in [1.29, 1.82) is 0 Å². The zero-order valence-electron chi connectivity index (χ0n) is 13.9. The Morgan fingerprint density at radius 3 is 2.83 bits per heavy atom. The van der Waals surface area contributed by atoms with Gasteiger partial charge in [-0.25, -0.2) is 0 Å². The predicted molar refractivity (Wildman–Crippen MR) is 90.9 cm³/mol. The maximum absolute atomic E-state index is 12.6. The van der Waals surface area contributed by atoms with Gasteiger partial charge < -0.3 is 24.3 Å². The summed E-state index contributed by atoms with van der Waals surface area (Å²) in [5, 5.41) is 19.1. The van der Waals surface area contributed by atoms with E-state index in [-0.39, 0.29) is 30.1 Å². The minimum atomic E-state index is -0.379. The highest BCUT2D eigenvalue weighted by Crippen LogP contribution is 2.51. The molecule has 1 aromatic rings. The molecule has 1 saturated heterocycles. The lowest BCUT2D eigenvalue weighted by Gasteiger charge is -2.56. The summed E-state index contributed by atoms with van der Waals surface area (Å²) in [6, 6.07) is 3.59. The fourth-order valence-electron chi connectivity index (χ4n) is 3.81. The van der Waals surface area contributed by atoms with Crippen molar-refractivity contribution >= 4 is 17.7 Å². The maximum atomic E-state index is 12.6. The van der Waals surface area contributed by atoms with E-state index in [2.05, 4.69) is 0 Å². The van der Waals surface area contributed by atoms with Crippen LogP contribution in [0.1, 0.15) is 35.6 Å². The highest BCUT2D eigenvalue weighted by molar-refractivity contribution is 7.97. The number of rotatable bonds is 6. The van der Waals surface area contributed by atoms with E-state index in [0.717, 1.165) is 11.5 Å². The molecule has 1 aliphatic heterocycles. The van der Waals surface area contributed by atoms with Crippen LogP contribution in [-0.2, 0) is 10.5 Å². The Hall–Kier alpha value is -1.02. The number of amides is 1. The summed E-state index contributed by atoms with van der Waals surface area (Å²) in [5.74, 6) is 1.87. The monoisotopic (exact) mass is 355 g/mol. The number of carbonyl (C=O) groups excluding carboxylic acids is 1. The van der Waals surface area contributed by atoms with E-state index in [9.17, 15) is 9.90 Å². The van der Waals surface area contributed by atoms with Crippen molar-refractivity contribution in [3.63, 3.8) is 0 Å². The number of aliphatic hydroxyl groups is 2. The lowest BCUT2D eigenvalue weighted by atomic mass is 9.58. The summed E-state index contributed by atoms with van der Waals surface area (Å²) in [7, 11) is 0. The number of aliphatic hydroxyl groups excluding tert-OH is 2. The number of hydrogen-bond acceptors (Lipinski definition) is 6. The first-order chi connectivity index (χ1) is 11.6. The van der Waals surface area contributed by atoms with E-state index in [4.69, 9.17) is 14.3 Å². The largest absolute Gasteiger partial charge is 0.455 e. The molecule has 1 spiro atoms. The Labute approximate surface area is 146 Å². The van der Waals surface area contributed by atoms with Crippen LogP contribution in [0.3, 0.4) is 0 Å². The molecular formula is C17H25NO5S. The van der Waals surface area contributed by atoms with Crippen LogP contribution in [0.15, 0.2) is 16.5 Å². The normalized spacial score (nSPS) is 25.7. The number of hydrogen-bond donors (Lipinski definition) is 2. The van der Waals surface area contributed by atoms with Gasteiger partial charge in [0.15, 0.2) is 5.76 Å². The van der Waals surface area contributed by atoms with Crippen LogP contribution in [0.2, 0.25) is 0 Å². The Kier molecular flexibility index (Phi) is 5.54. The maximum Gasteiger partial charge on any atom is 0.289 e. The second kappa shape index (κ2) is 7.47. The van der Waals surface area contributed by atoms with E-state index in [1.54, 1.807) is 22.7 Å². The number of nitrogens with zero attached hydrogens (tertiary/aromatic N) is 1.